The van der Waals surface area contributed by atoms with Gasteiger partial charge in [0.05, 0.1) is 6.61 Å². The molecule has 0 amide bonds. The molecule has 1 aliphatic heterocycles. The van der Waals surface area contributed by atoms with Crippen molar-refractivity contribution in [2.24, 2.45) is 0 Å². The van der Waals surface area contributed by atoms with Gasteiger partial charge >= 0.3 is 18.2 Å². The molecule has 0 aromatic carbocycles. The van der Waals surface area contributed by atoms with Gasteiger partial charge in [-0.3, -0.25) is 0 Å². The van der Waals surface area contributed by atoms with Gasteiger partial charge in [-0.05, 0) is 0 Å². The first-order chi connectivity index (χ1) is 9.99. The molecule has 0 saturated carbocycles. The fraction of sp³-hybridized carbons (Fsp3) is 0.900. The van der Waals surface area contributed by atoms with Crippen molar-refractivity contribution >= 4 is 6.16 Å². The lowest BCUT2D eigenvalue weighted by Crippen LogP contribution is -2.47. The van der Waals surface area contributed by atoms with Gasteiger partial charge in [0.15, 0.2) is 12.8 Å². The van der Waals surface area contributed by atoms with Crippen LogP contribution in [-0.4, -0.2) is 63.3 Å². The molecular weight excluding hydrogens is 333 g/mol. The molecule has 5 nitrogen and oxygen atoms in total. The van der Waals surface area contributed by atoms with Crippen molar-refractivity contribution in [1.29, 1.82) is 0 Å². The highest BCUT2D eigenvalue weighted by Gasteiger charge is 2.59. The largest absolute Gasteiger partial charge is 0.508 e. The highest BCUT2D eigenvalue weighted by molar-refractivity contribution is 5.61. The van der Waals surface area contributed by atoms with Crippen LogP contribution in [0, 0.1) is 0 Å². The third-order valence-corrected chi connectivity index (χ3v) is 2.33. The predicted molar refractivity (Wildman–Crippen MR) is 53.8 cm³/mol. The van der Waals surface area contributed by atoms with Gasteiger partial charge in [-0.25, -0.2) is 18.0 Å². The van der Waals surface area contributed by atoms with E-state index in [9.17, 15) is 35.5 Å². The van der Waals surface area contributed by atoms with E-state index in [-0.39, 0.29) is 6.61 Å². The zero-order valence-corrected chi connectivity index (χ0v) is 10.8. The van der Waals surface area contributed by atoms with E-state index in [1.54, 1.807) is 0 Å². The van der Waals surface area contributed by atoms with Crippen LogP contribution >= 0.6 is 0 Å². The van der Waals surface area contributed by atoms with Crippen molar-refractivity contribution in [3.8, 4) is 0 Å². The summed E-state index contributed by atoms with van der Waals surface area (Å²) in [6.45, 7) is -7.09. The molecule has 1 atom stereocenters. The maximum absolute atomic E-state index is 13.1. The quantitative estimate of drug-likeness (QED) is 0.475. The highest BCUT2D eigenvalue weighted by atomic mass is 19.3. The minimum atomic E-state index is -5.39. The molecular formula is C10H11F7O5. The van der Waals surface area contributed by atoms with Gasteiger partial charge < -0.3 is 18.9 Å². The van der Waals surface area contributed by atoms with Crippen LogP contribution in [0.15, 0.2) is 0 Å². The number of carbonyl (C=O) groups excluding carboxylic acids is 1. The fourth-order valence-electron chi connectivity index (χ4n) is 1.21. The van der Waals surface area contributed by atoms with Crippen LogP contribution in [-0.2, 0) is 18.9 Å². The first kappa shape index (κ1) is 18.7. The molecule has 1 saturated heterocycles. The van der Waals surface area contributed by atoms with Gasteiger partial charge in [-0.15, -0.1) is 0 Å². The minimum Gasteiger partial charge on any atom is -0.430 e. The first-order valence-electron chi connectivity index (χ1n) is 5.74. The molecule has 1 aliphatic rings. The molecule has 1 unspecified atom stereocenters. The standard InChI is InChI=1S/C10H11F7O5/c11-3-9(14,15)10(16,17)21-5-8(12,13)4-19-1-6-2-20-7(18)22-6/h6H,1-5H2. The maximum Gasteiger partial charge on any atom is 0.508 e. The number of carbonyl (C=O) groups is 1. The van der Waals surface area contributed by atoms with Crippen LogP contribution in [0.1, 0.15) is 0 Å². The Balaban J connectivity index is 2.35. The van der Waals surface area contributed by atoms with Crippen molar-refractivity contribution in [1.82, 2.24) is 0 Å². The number of cyclic esters (lactones) is 2. The molecule has 12 heteroatoms. The van der Waals surface area contributed by atoms with Crippen molar-refractivity contribution in [2.45, 2.75) is 24.1 Å². The minimum absolute atomic E-state index is 0.234. The molecule has 1 fully saturated rings. The molecule has 0 aromatic rings. The summed E-state index contributed by atoms with van der Waals surface area (Å²) in [6.07, 6.45) is -7.35. The Kier molecular flexibility index (Phi) is 5.84. The second-order valence-corrected chi connectivity index (χ2v) is 4.32. The lowest BCUT2D eigenvalue weighted by atomic mass is 10.3. The summed E-state index contributed by atoms with van der Waals surface area (Å²) in [5, 5.41) is 0. The van der Waals surface area contributed by atoms with Crippen LogP contribution < -0.4 is 0 Å². The van der Waals surface area contributed by atoms with Gasteiger partial charge in [-0.2, -0.15) is 17.6 Å². The molecule has 130 valence electrons. The Bertz CT molecular complexity index is 390. The fourth-order valence-corrected chi connectivity index (χ4v) is 1.21. The Morgan fingerprint density at radius 3 is 2.27 bits per heavy atom. The lowest BCUT2D eigenvalue weighted by Gasteiger charge is -2.26. The van der Waals surface area contributed by atoms with Crippen molar-refractivity contribution in [2.75, 3.05) is 33.1 Å². The highest BCUT2D eigenvalue weighted by Crippen LogP contribution is 2.36. The third-order valence-electron chi connectivity index (χ3n) is 2.33. The van der Waals surface area contributed by atoms with E-state index in [0.717, 1.165) is 0 Å². The summed E-state index contributed by atoms with van der Waals surface area (Å²) >= 11 is 0. The van der Waals surface area contributed by atoms with Crippen LogP contribution in [0.25, 0.3) is 0 Å². The molecule has 0 spiro atoms. The summed E-state index contributed by atoms with van der Waals surface area (Å²) in [4.78, 5) is 10.5. The Morgan fingerprint density at radius 1 is 1.14 bits per heavy atom. The number of hydrogen-bond acceptors (Lipinski definition) is 5. The van der Waals surface area contributed by atoms with E-state index in [1.165, 1.54) is 0 Å². The summed E-state index contributed by atoms with van der Waals surface area (Å²) in [7, 11) is 0. The third kappa shape index (κ3) is 5.16. The molecule has 0 N–H and O–H groups in total. The smallest absolute Gasteiger partial charge is 0.430 e. The van der Waals surface area contributed by atoms with E-state index >= 15 is 0 Å². The van der Waals surface area contributed by atoms with Crippen LogP contribution in [0.4, 0.5) is 35.5 Å². The van der Waals surface area contributed by atoms with Crippen LogP contribution in [0.5, 0.6) is 0 Å². The van der Waals surface area contributed by atoms with Crippen LogP contribution in [0.2, 0.25) is 0 Å². The SMILES string of the molecule is O=C1OCC(COCC(F)(F)COC(F)(F)C(F)(F)CF)O1. The molecule has 0 bridgehead atoms. The molecule has 0 radical (unpaired) electrons. The van der Waals surface area contributed by atoms with E-state index in [2.05, 4.69) is 18.9 Å². The van der Waals surface area contributed by atoms with E-state index in [0.29, 0.717) is 0 Å². The molecule has 0 aliphatic carbocycles. The predicted octanol–water partition coefficient (Wildman–Crippen LogP) is 2.39. The normalized spacial score (nSPS) is 20.0. The van der Waals surface area contributed by atoms with Crippen LogP contribution in [0.3, 0.4) is 0 Å². The van der Waals surface area contributed by atoms with Gasteiger partial charge in [0, 0.05) is 0 Å². The summed E-state index contributed by atoms with van der Waals surface area (Å²) in [5.41, 5.74) is 0. The zero-order chi connectivity index (χ0) is 17.0. The first-order valence-corrected chi connectivity index (χ1v) is 5.74. The average molecular weight is 344 g/mol. The molecule has 22 heavy (non-hydrogen) atoms. The number of hydrogen-bond donors (Lipinski definition) is 0. The van der Waals surface area contributed by atoms with Gasteiger partial charge in [0.1, 0.15) is 19.8 Å². The number of rotatable bonds is 9. The Labute approximate surface area is 119 Å². The molecule has 1 heterocycles. The molecule has 1 rings (SSSR count). The lowest BCUT2D eigenvalue weighted by molar-refractivity contribution is -0.362. The van der Waals surface area contributed by atoms with E-state index in [1.807, 2.05) is 0 Å². The second-order valence-electron chi connectivity index (χ2n) is 4.32. The summed E-state index contributed by atoms with van der Waals surface area (Å²) < 4.78 is 104. The maximum atomic E-state index is 13.1. The zero-order valence-electron chi connectivity index (χ0n) is 10.8. The Hall–Kier alpha value is -1.30. The monoisotopic (exact) mass is 344 g/mol. The summed E-state index contributed by atoms with van der Waals surface area (Å²) in [6, 6.07) is 0. The van der Waals surface area contributed by atoms with Crippen molar-refractivity contribution in [3.63, 3.8) is 0 Å². The van der Waals surface area contributed by atoms with Gasteiger partial charge in [-0.1, -0.05) is 0 Å². The number of alkyl halides is 7. The second kappa shape index (κ2) is 6.86. The van der Waals surface area contributed by atoms with Crippen molar-refractivity contribution in [3.05, 3.63) is 0 Å². The number of ether oxygens (including phenoxy) is 4. The van der Waals surface area contributed by atoms with E-state index in [4.69, 9.17) is 0 Å². The Morgan fingerprint density at radius 2 is 1.77 bits per heavy atom. The molecule has 0 aromatic heterocycles. The van der Waals surface area contributed by atoms with Crippen molar-refractivity contribution < 1.29 is 54.5 Å². The van der Waals surface area contributed by atoms with Gasteiger partial charge in [0.2, 0.25) is 0 Å². The number of halogens is 7. The topological polar surface area (TPSA) is 54.0 Å². The van der Waals surface area contributed by atoms with Gasteiger partial charge in [0.25, 0.3) is 5.92 Å². The average Bonchev–Trinajstić information content (AvgIpc) is 2.82. The van der Waals surface area contributed by atoms with E-state index < -0.39 is 56.7 Å². The summed E-state index contributed by atoms with van der Waals surface area (Å²) in [5.74, 6) is -9.27.